The monoisotopic (exact) mass is 250 g/mol. The van der Waals surface area contributed by atoms with Gasteiger partial charge in [-0.1, -0.05) is 6.42 Å². The largest absolute Gasteiger partial charge is 0.347 e. The Labute approximate surface area is 108 Å². The summed E-state index contributed by atoms with van der Waals surface area (Å²) in [5.41, 5.74) is 1.18. The molecule has 1 atom stereocenters. The first-order chi connectivity index (χ1) is 8.58. The van der Waals surface area contributed by atoms with Crippen LogP contribution in [0.25, 0.3) is 0 Å². The molecule has 5 heteroatoms. The van der Waals surface area contributed by atoms with Crippen LogP contribution in [0.2, 0.25) is 0 Å². The molecular weight excluding hydrogens is 228 g/mol. The normalized spacial score (nSPS) is 20.9. The fourth-order valence-corrected chi connectivity index (χ4v) is 2.55. The molecule has 2 heterocycles. The van der Waals surface area contributed by atoms with E-state index in [1.165, 1.54) is 12.0 Å². The predicted octanol–water partition coefficient (Wildman–Crippen LogP) is 0.863. The minimum atomic E-state index is 0.0361. The third kappa shape index (κ3) is 2.90. The highest BCUT2D eigenvalue weighted by Crippen LogP contribution is 2.20. The van der Waals surface area contributed by atoms with Gasteiger partial charge in [0.25, 0.3) is 0 Å². The van der Waals surface area contributed by atoms with E-state index in [1.807, 2.05) is 38.2 Å². The molecule has 0 aliphatic carbocycles. The van der Waals surface area contributed by atoms with Gasteiger partial charge in [0.15, 0.2) is 0 Å². The summed E-state index contributed by atoms with van der Waals surface area (Å²) in [5, 5.41) is 4.18. The summed E-state index contributed by atoms with van der Waals surface area (Å²) in [6.07, 6.45) is 7.19. The van der Waals surface area contributed by atoms with Gasteiger partial charge in [-0.15, -0.1) is 0 Å². The van der Waals surface area contributed by atoms with Crippen LogP contribution < -0.4 is 0 Å². The fourth-order valence-electron chi connectivity index (χ4n) is 2.55. The van der Waals surface area contributed by atoms with E-state index >= 15 is 0 Å². The number of carbonyl (C=O) groups excluding carboxylic acids is 1. The van der Waals surface area contributed by atoms with Crippen molar-refractivity contribution >= 4 is 5.91 Å². The number of aryl methyl sites for hydroxylation is 1. The van der Waals surface area contributed by atoms with Crippen LogP contribution in [0.3, 0.4) is 0 Å². The highest BCUT2D eigenvalue weighted by Gasteiger charge is 2.29. The zero-order valence-electron chi connectivity index (χ0n) is 11.5. The van der Waals surface area contributed by atoms with Crippen molar-refractivity contribution in [2.24, 2.45) is 7.05 Å². The van der Waals surface area contributed by atoms with E-state index in [4.69, 9.17) is 0 Å². The van der Waals surface area contributed by atoms with E-state index < -0.39 is 0 Å². The lowest BCUT2D eigenvalue weighted by Crippen LogP contribution is -2.48. The van der Waals surface area contributed by atoms with Crippen molar-refractivity contribution in [2.75, 3.05) is 20.6 Å². The molecule has 0 spiro atoms. The van der Waals surface area contributed by atoms with E-state index in [9.17, 15) is 4.79 Å². The zero-order chi connectivity index (χ0) is 13.1. The molecule has 1 fully saturated rings. The Bertz CT molecular complexity index is 413. The number of likely N-dealkylation sites (tertiary alicyclic amines) is 1. The quantitative estimate of drug-likeness (QED) is 0.799. The molecule has 0 N–H and O–H groups in total. The Kier molecular flexibility index (Phi) is 4.01. The molecule has 1 saturated heterocycles. The number of aromatic nitrogens is 2. The maximum Gasteiger partial charge on any atom is 0.239 e. The summed E-state index contributed by atoms with van der Waals surface area (Å²) >= 11 is 0. The van der Waals surface area contributed by atoms with Gasteiger partial charge >= 0.3 is 0 Å². The Morgan fingerprint density at radius 3 is 2.89 bits per heavy atom. The van der Waals surface area contributed by atoms with Crippen LogP contribution in [-0.4, -0.2) is 52.2 Å². The molecule has 5 nitrogen and oxygen atoms in total. The van der Waals surface area contributed by atoms with Gasteiger partial charge in [0.1, 0.15) is 0 Å². The number of piperidine rings is 1. The van der Waals surface area contributed by atoms with Crippen LogP contribution in [-0.2, 0) is 18.4 Å². The Morgan fingerprint density at radius 2 is 2.28 bits per heavy atom. The van der Waals surface area contributed by atoms with E-state index in [1.54, 1.807) is 4.90 Å². The van der Waals surface area contributed by atoms with Gasteiger partial charge in [0, 0.05) is 39.4 Å². The van der Waals surface area contributed by atoms with Crippen molar-refractivity contribution in [2.45, 2.75) is 31.8 Å². The molecular formula is C13H22N4O. The van der Waals surface area contributed by atoms with Crippen molar-refractivity contribution in [3.63, 3.8) is 0 Å². The van der Waals surface area contributed by atoms with Gasteiger partial charge in [0.05, 0.1) is 12.2 Å². The molecule has 1 aliphatic rings. The summed E-state index contributed by atoms with van der Waals surface area (Å²) in [4.78, 5) is 16.1. The molecule has 1 aromatic heterocycles. The lowest BCUT2D eigenvalue weighted by molar-refractivity contribution is -0.136. The first-order valence-corrected chi connectivity index (χ1v) is 6.50. The number of amides is 1. The zero-order valence-corrected chi connectivity index (χ0v) is 11.5. The van der Waals surface area contributed by atoms with Crippen LogP contribution in [0.15, 0.2) is 12.4 Å². The lowest BCUT2D eigenvalue weighted by atomic mass is 10.0. The second-order valence-corrected chi connectivity index (χ2v) is 5.24. The topological polar surface area (TPSA) is 41.4 Å². The highest BCUT2D eigenvalue weighted by atomic mass is 16.2. The molecule has 0 bridgehead atoms. The molecule has 1 aliphatic heterocycles. The first kappa shape index (κ1) is 13.1. The van der Waals surface area contributed by atoms with Crippen molar-refractivity contribution in [1.82, 2.24) is 19.6 Å². The SMILES string of the molecule is CN(C)C(=O)[C@H]1CCCCN1Cc1cnn(C)c1. The number of likely N-dealkylation sites (N-methyl/N-ethyl adjacent to an activating group) is 1. The van der Waals surface area contributed by atoms with Gasteiger partial charge in [0.2, 0.25) is 5.91 Å². The summed E-state index contributed by atoms with van der Waals surface area (Å²) in [6.45, 7) is 1.82. The predicted molar refractivity (Wildman–Crippen MR) is 70.0 cm³/mol. The summed E-state index contributed by atoms with van der Waals surface area (Å²) in [6, 6.07) is 0.0361. The Hall–Kier alpha value is -1.36. The standard InChI is InChI=1S/C13H22N4O/c1-15(2)13(18)12-6-4-5-7-17(12)10-11-8-14-16(3)9-11/h8-9,12H,4-7,10H2,1-3H3/t12-/m1/s1. The number of carbonyl (C=O) groups is 1. The van der Waals surface area contributed by atoms with E-state index in [2.05, 4.69) is 10.00 Å². The van der Waals surface area contributed by atoms with Crippen LogP contribution >= 0.6 is 0 Å². The third-order valence-corrected chi connectivity index (χ3v) is 3.48. The minimum Gasteiger partial charge on any atom is -0.347 e. The van der Waals surface area contributed by atoms with Crippen molar-refractivity contribution in [3.8, 4) is 0 Å². The first-order valence-electron chi connectivity index (χ1n) is 6.50. The molecule has 0 aromatic carbocycles. The molecule has 100 valence electrons. The third-order valence-electron chi connectivity index (χ3n) is 3.48. The van der Waals surface area contributed by atoms with Crippen LogP contribution in [0.1, 0.15) is 24.8 Å². The van der Waals surface area contributed by atoms with Crippen molar-refractivity contribution in [1.29, 1.82) is 0 Å². The maximum atomic E-state index is 12.2. The van der Waals surface area contributed by atoms with E-state index in [0.29, 0.717) is 0 Å². The molecule has 1 amide bonds. The van der Waals surface area contributed by atoms with E-state index in [0.717, 1.165) is 25.9 Å². The molecule has 0 radical (unpaired) electrons. The highest BCUT2D eigenvalue weighted by molar-refractivity contribution is 5.81. The van der Waals surface area contributed by atoms with Gasteiger partial charge in [-0.05, 0) is 19.4 Å². The second kappa shape index (κ2) is 5.52. The summed E-state index contributed by atoms with van der Waals surface area (Å²) in [5.74, 6) is 0.221. The van der Waals surface area contributed by atoms with Gasteiger partial charge in [-0.25, -0.2) is 0 Å². The molecule has 0 saturated carbocycles. The van der Waals surface area contributed by atoms with Gasteiger partial charge < -0.3 is 4.90 Å². The van der Waals surface area contributed by atoms with Crippen LogP contribution in [0.4, 0.5) is 0 Å². The van der Waals surface area contributed by atoms with E-state index in [-0.39, 0.29) is 11.9 Å². The minimum absolute atomic E-state index is 0.0361. The Balaban J connectivity index is 2.06. The average Bonchev–Trinajstić information content (AvgIpc) is 2.74. The molecule has 0 unspecified atom stereocenters. The number of rotatable bonds is 3. The van der Waals surface area contributed by atoms with Gasteiger partial charge in [-0.2, -0.15) is 5.10 Å². The smallest absolute Gasteiger partial charge is 0.239 e. The van der Waals surface area contributed by atoms with Crippen molar-refractivity contribution in [3.05, 3.63) is 18.0 Å². The fraction of sp³-hybridized carbons (Fsp3) is 0.692. The maximum absolute atomic E-state index is 12.2. The lowest BCUT2D eigenvalue weighted by Gasteiger charge is -2.35. The molecule has 1 aromatic rings. The van der Waals surface area contributed by atoms with Crippen LogP contribution in [0.5, 0.6) is 0 Å². The summed E-state index contributed by atoms with van der Waals surface area (Å²) in [7, 11) is 5.58. The van der Waals surface area contributed by atoms with Crippen molar-refractivity contribution < 1.29 is 4.79 Å². The van der Waals surface area contributed by atoms with Gasteiger partial charge in [-0.3, -0.25) is 14.4 Å². The average molecular weight is 250 g/mol. The second-order valence-electron chi connectivity index (χ2n) is 5.24. The molecule has 18 heavy (non-hydrogen) atoms. The Morgan fingerprint density at radius 1 is 1.50 bits per heavy atom. The number of hydrogen-bond acceptors (Lipinski definition) is 3. The number of hydrogen-bond donors (Lipinski definition) is 0. The molecule has 2 rings (SSSR count). The summed E-state index contributed by atoms with van der Waals surface area (Å²) < 4.78 is 1.81. The van der Waals surface area contributed by atoms with Crippen LogP contribution in [0, 0.1) is 0 Å². The number of nitrogens with zero attached hydrogens (tertiary/aromatic N) is 4.